The van der Waals surface area contributed by atoms with Gasteiger partial charge >= 0.3 is 0 Å². The Kier molecular flexibility index (Phi) is 4.29. The minimum absolute atomic E-state index is 0.0937. The summed E-state index contributed by atoms with van der Waals surface area (Å²) in [4.78, 5) is 8.01. The summed E-state index contributed by atoms with van der Waals surface area (Å²) < 4.78 is 26.0. The summed E-state index contributed by atoms with van der Waals surface area (Å²) in [6.45, 7) is 2.78. The molecular formula is C13H15F2N5. The number of aromatic nitrogens is 2. The molecule has 0 fully saturated rings. The molecule has 5 nitrogen and oxygen atoms in total. The Morgan fingerprint density at radius 1 is 1.10 bits per heavy atom. The van der Waals surface area contributed by atoms with Gasteiger partial charge in [-0.15, -0.1) is 0 Å². The number of nitrogens with zero attached hydrogens (tertiary/aromatic N) is 2. The van der Waals surface area contributed by atoms with Crippen LogP contribution in [0.1, 0.15) is 13.3 Å². The minimum atomic E-state index is -0.929. The first kappa shape index (κ1) is 14.0. The molecule has 0 saturated heterocycles. The lowest BCUT2D eigenvalue weighted by molar-refractivity contribution is 0.509. The first-order valence-corrected chi connectivity index (χ1v) is 6.19. The van der Waals surface area contributed by atoms with E-state index in [-0.39, 0.29) is 5.95 Å². The van der Waals surface area contributed by atoms with Gasteiger partial charge in [0.1, 0.15) is 11.6 Å². The van der Waals surface area contributed by atoms with Crippen molar-refractivity contribution in [2.24, 2.45) is 0 Å². The molecule has 0 unspecified atom stereocenters. The van der Waals surface area contributed by atoms with E-state index in [4.69, 9.17) is 5.73 Å². The van der Waals surface area contributed by atoms with Crippen molar-refractivity contribution >= 4 is 23.3 Å². The van der Waals surface area contributed by atoms with Gasteiger partial charge in [0, 0.05) is 24.4 Å². The van der Waals surface area contributed by atoms with E-state index < -0.39 is 11.6 Å². The normalized spacial score (nSPS) is 10.3. The maximum absolute atomic E-state index is 13.1. The highest BCUT2D eigenvalue weighted by Gasteiger charge is 2.05. The van der Waals surface area contributed by atoms with Crippen LogP contribution in [-0.4, -0.2) is 16.5 Å². The summed E-state index contributed by atoms with van der Waals surface area (Å²) in [5.41, 5.74) is 5.98. The number of anilines is 4. The highest BCUT2D eigenvalue weighted by atomic mass is 19.2. The fourth-order valence-corrected chi connectivity index (χ4v) is 1.60. The number of nitrogen functional groups attached to an aromatic ring is 1. The summed E-state index contributed by atoms with van der Waals surface area (Å²) in [5, 5.41) is 5.93. The predicted octanol–water partition coefficient (Wildman–Crippen LogP) is 2.90. The van der Waals surface area contributed by atoms with Gasteiger partial charge < -0.3 is 16.4 Å². The summed E-state index contributed by atoms with van der Waals surface area (Å²) in [6, 6.07) is 5.15. The van der Waals surface area contributed by atoms with Crippen molar-refractivity contribution in [2.45, 2.75) is 13.3 Å². The quantitative estimate of drug-likeness (QED) is 0.784. The molecule has 2 rings (SSSR count). The number of nitrogens with two attached hydrogens (primary N) is 1. The third-order valence-corrected chi connectivity index (χ3v) is 2.49. The maximum atomic E-state index is 13.1. The molecule has 0 aliphatic rings. The molecule has 1 aromatic heterocycles. The Labute approximate surface area is 115 Å². The highest BCUT2D eigenvalue weighted by Crippen LogP contribution is 2.20. The monoisotopic (exact) mass is 279 g/mol. The molecule has 0 aliphatic heterocycles. The Morgan fingerprint density at radius 3 is 2.55 bits per heavy atom. The van der Waals surface area contributed by atoms with Crippen LogP contribution in [0, 0.1) is 11.6 Å². The molecule has 0 radical (unpaired) electrons. The van der Waals surface area contributed by atoms with Crippen molar-refractivity contribution in [1.82, 2.24) is 9.97 Å². The van der Waals surface area contributed by atoms with E-state index in [1.165, 1.54) is 6.07 Å². The molecule has 0 atom stereocenters. The predicted molar refractivity (Wildman–Crippen MR) is 74.9 cm³/mol. The molecule has 0 aliphatic carbocycles. The largest absolute Gasteiger partial charge is 0.370 e. The average molecular weight is 279 g/mol. The van der Waals surface area contributed by atoms with Gasteiger partial charge in [-0.2, -0.15) is 9.97 Å². The van der Waals surface area contributed by atoms with Crippen molar-refractivity contribution in [1.29, 1.82) is 0 Å². The summed E-state index contributed by atoms with van der Waals surface area (Å²) in [5.74, 6) is -0.757. The first-order chi connectivity index (χ1) is 9.58. The van der Waals surface area contributed by atoms with E-state index >= 15 is 0 Å². The van der Waals surface area contributed by atoms with Crippen LogP contribution in [0.2, 0.25) is 0 Å². The van der Waals surface area contributed by atoms with Crippen LogP contribution in [0.3, 0.4) is 0 Å². The molecule has 2 aromatic rings. The van der Waals surface area contributed by atoms with Gasteiger partial charge in [0.05, 0.1) is 0 Å². The molecule has 0 spiro atoms. The van der Waals surface area contributed by atoms with E-state index in [0.29, 0.717) is 17.3 Å². The Balaban J connectivity index is 2.19. The van der Waals surface area contributed by atoms with Crippen molar-refractivity contribution in [3.63, 3.8) is 0 Å². The molecule has 0 bridgehead atoms. The smallest absolute Gasteiger partial charge is 0.223 e. The third-order valence-electron chi connectivity index (χ3n) is 2.49. The van der Waals surface area contributed by atoms with Gasteiger partial charge in [0.25, 0.3) is 0 Å². The maximum Gasteiger partial charge on any atom is 0.223 e. The number of hydrogen-bond donors (Lipinski definition) is 3. The van der Waals surface area contributed by atoms with E-state index in [0.717, 1.165) is 25.1 Å². The zero-order valence-electron chi connectivity index (χ0n) is 11.0. The zero-order chi connectivity index (χ0) is 14.5. The molecule has 1 heterocycles. The van der Waals surface area contributed by atoms with E-state index in [1.54, 1.807) is 6.07 Å². The SMILES string of the molecule is CCCNc1cc(Nc2ccc(F)c(F)c2)nc(N)n1. The molecule has 0 saturated carbocycles. The van der Waals surface area contributed by atoms with E-state index in [9.17, 15) is 8.78 Å². The van der Waals surface area contributed by atoms with Crippen molar-refractivity contribution in [3.05, 3.63) is 35.9 Å². The molecular weight excluding hydrogens is 264 g/mol. The molecule has 4 N–H and O–H groups in total. The Hall–Kier alpha value is -2.44. The lowest BCUT2D eigenvalue weighted by Crippen LogP contribution is -2.07. The van der Waals surface area contributed by atoms with Gasteiger partial charge in [-0.3, -0.25) is 0 Å². The van der Waals surface area contributed by atoms with Gasteiger partial charge in [0.15, 0.2) is 11.6 Å². The summed E-state index contributed by atoms with van der Waals surface area (Å²) >= 11 is 0. The standard InChI is InChI=1S/C13H15F2N5/c1-2-5-17-11-7-12(20-13(16)19-11)18-8-3-4-9(14)10(15)6-8/h3-4,6-7H,2,5H2,1H3,(H4,16,17,18,19,20). The van der Waals surface area contributed by atoms with Crippen LogP contribution < -0.4 is 16.4 Å². The van der Waals surface area contributed by atoms with Crippen LogP contribution >= 0.6 is 0 Å². The minimum Gasteiger partial charge on any atom is -0.370 e. The molecule has 0 amide bonds. The van der Waals surface area contributed by atoms with Crippen LogP contribution in [0.4, 0.5) is 32.1 Å². The number of hydrogen-bond acceptors (Lipinski definition) is 5. The van der Waals surface area contributed by atoms with Crippen molar-refractivity contribution in [3.8, 4) is 0 Å². The van der Waals surface area contributed by atoms with Gasteiger partial charge in [-0.25, -0.2) is 8.78 Å². The lowest BCUT2D eigenvalue weighted by Gasteiger charge is -2.09. The third kappa shape index (κ3) is 3.53. The Morgan fingerprint density at radius 2 is 1.85 bits per heavy atom. The summed E-state index contributed by atoms with van der Waals surface area (Å²) in [7, 11) is 0. The van der Waals surface area contributed by atoms with Crippen molar-refractivity contribution in [2.75, 3.05) is 22.9 Å². The number of halogens is 2. The van der Waals surface area contributed by atoms with Crippen LogP contribution in [-0.2, 0) is 0 Å². The Bertz CT molecular complexity index is 603. The van der Waals surface area contributed by atoms with Gasteiger partial charge in [-0.1, -0.05) is 6.92 Å². The molecule has 20 heavy (non-hydrogen) atoms. The topological polar surface area (TPSA) is 75.9 Å². The van der Waals surface area contributed by atoms with Gasteiger partial charge in [-0.05, 0) is 18.6 Å². The van der Waals surface area contributed by atoms with Crippen molar-refractivity contribution < 1.29 is 8.78 Å². The van der Waals surface area contributed by atoms with Gasteiger partial charge in [0.2, 0.25) is 5.95 Å². The fraction of sp³-hybridized carbons (Fsp3) is 0.231. The second kappa shape index (κ2) is 6.14. The van der Waals surface area contributed by atoms with Crippen LogP contribution in [0.15, 0.2) is 24.3 Å². The lowest BCUT2D eigenvalue weighted by atomic mass is 10.3. The molecule has 106 valence electrons. The number of nitrogens with one attached hydrogen (secondary N) is 2. The highest BCUT2D eigenvalue weighted by molar-refractivity contribution is 5.60. The zero-order valence-corrected chi connectivity index (χ0v) is 11.0. The first-order valence-electron chi connectivity index (χ1n) is 6.19. The molecule has 1 aromatic carbocycles. The second-order valence-corrected chi connectivity index (χ2v) is 4.18. The average Bonchev–Trinajstić information content (AvgIpc) is 2.40. The summed E-state index contributed by atoms with van der Waals surface area (Å²) in [6.07, 6.45) is 0.940. The van der Waals surface area contributed by atoms with Crippen LogP contribution in [0.5, 0.6) is 0 Å². The number of rotatable bonds is 5. The molecule has 7 heteroatoms. The van der Waals surface area contributed by atoms with E-state index in [2.05, 4.69) is 20.6 Å². The fourth-order valence-electron chi connectivity index (χ4n) is 1.60. The number of benzene rings is 1. The second-order valence-electron chi connectivity index (χ2n) is 4.18. The van der Waals surface area contributed by atoms with E-state index in [1.807, 2.05) is 6.92 Å². The van der Waals surface area contributed by atoms with Crippen LogP contribution in [0.25, 0.3) is 0 Å².